The van der Waals surface area contributed by atoms with Crippen molar-refractivity contribution in [1.82, 2.24) is 10.3 Å². The van der Waals surface area contributed by atoms with Crippen LogP contribution in [0.2, 0.25) is 0 Å². The van der Waals surface area contributed by atoms with Crippen molar-refractivity contribution < 1.29 is 29.3 Å². The number of hydrogen-bond donors (Lipinski definition) is 3. The molecule has 8 nitrogen and oxygen atoms in total. The van der Waals surface area contributed by atoms with Gasteiger partial charge in [-0.1, -0.05) is 30.3 Å². The van der Waals surface area contributed by atoms with Crippen LogP contribution in [0.25, 0.3) is 10.9 Å². The van der Waals surface area contributed by atoms with E-state index >= 15 is 0 Å². The summed E-state index contributed by atoms with van der Waals surface area (Å²) in [6.45, 7) is 5.04. The van der Waals surface area contributed by atoms with E-state index in [-0.39, 0.29) is 18.1 Å². The Morgan fingerprint density at radius 2 is 1.78 bits per heavy atom. The van der Waals surface area contributed by atoms with E-state index < -0.39 is 23.7 Å². The third-order valence-corrected chi connectivity index (χ3v) is 4.48. The van der Waals surface area contributed by atoms with Crippen molar-refractivity contribution in [1.29, 1.82) is 0 Å². The number of rotatable bonds is 7. The molecule has 0 spiro atoms. The van der Waals surface area contributed by atoms with Crippen molar-refractivity contribution in [3.05, 3.63) is 65.7 Å². The summed E-state index contributed by atoms with van der Waals surface area (Å²) in [5, 5.41) is 22.5. The lowest BCUT2D eigenvalue weighted by Crippen LogP contribution is -2.42. The molecule has 1 atom stereocenters. The minimum atomic E-state index is -1.13. The number of ether oxygens (including phenoxy) is 2. The first-order chi connectivity index (χ1) is 15.1. The summed E-state index contributed by atoms with van der Waals surface area (Å²) in [7, 11) is 0. The third kappa shape index (κ3) is 6.18. The van der Waals surface area contributed by atoms with Gasteiger partial charge in [0.1, 0.15) is 16.9 Å². The Hall–Kier alpha value is -3.65. The predicted molar refractivity (Wildman–Crippen MR) is 119 cm³/mol. The number of aliphatic hydroxyl groups excluding tert-OH is 1. The van der Waals surface area contributed by atoms with Crippen LogP contribution in [0, 0.1) is 0 Å². The van der Waals surface area contributed by atoms with Gasteiger partial charge in [-0.2, -0.15) is 0 Å². The number of aromatic carboxylic acids is 1. The molecule has 168 valence electrons. The largest absolute Gasteiger partial charge is 0.477 e. The Labute approximate surface area is 185 Å². The van der Waals surface area contributed by atoms with Gasteiger partial charge in [-0.3, -0.25) is 0 Å². The van der Waals surface area contributed by atoms with Crippen molar-refractivity contribution in [2.45, 2.75) is 38.8 Å². The number of carboxylic acids is 1. The fraction of sp³-hybridized carbons (Fsp3) is 0.292. The van der Waals surface area contributed by atoms with Crippen molar-refractivity contribution in [2.75, 3.05) is 6.61 Å². The van der Waals surface area contributed by atoms with Crippen molar-refractivity contribution in [2.24, 2.45) is 0 Å². The number of carbonyl (C=O) groups is 2. The first-order valence-electron chi connectivity index (χ1n) is 10.1. The highest BCUT2D eigenvalue weighted by Crippen LogP contribution is 2.27. The Balaban J connectivity index is 1.71. The molecule has 0 saturated carbocycles. The van der Waals surface area contributed by atoms with Crippen LogP contribution in [0.1, 0.15) is 36.7 Å². The molecule has 0 aliphatic heterocycles. The summed E-state index contributed by atoms with van der Waals surface area (Å²) in [6.07, 6.45) is -0.218. The highest BCUT2D eigenvalue weighted by atomic mass is 16.6. The zero-order chi connectivity index (χ0) is 23.3. The number of aliphatic hydroxyl groups is 1. The van der Waals surface area contributed by atoms with Gasteiger partial charge in [0.2, 0.25) is 5.88 Å². The Morgan fingerprint density at radius 1 is 1.09 bits per heavy atom. The number of hydrogen-bond acceptors (Lipinski definition) is 6. The van der Waals surface area contributed by atoms with Crippen LogP contribution < -0.4 is 10.1 Å². The topological polar surface area (TPSA) is 118 Å². The molecule has 0 unspecified atom stereocenters. The fourth-order valence-corrected chi connectivity index (χ4v) is 3.05. The number of nitrogens with one attached hydrogen (secondary N) is 1. The fourth-order valence-electron chi connectivity index (χ4n) is 3.05. The lowest BCUT2D eigenvalue weighted by molar-refractivity contribution is 0.0482. The summed E-state index contributed by atoms with van der Waals surface area (Å²) in [4.78, 5) is 27.9. The van der Waals surface area contributed by atoms with Gasteiger partial charge in [0.25, 0.3) is 0 Å². The molecule has 0 radical (unpaired) electrons. The molecule has 0 bridgehead atoms. The summed E-state index contributed by atoms with van der Waals surface area (Å²) in [5.41, 5.74) is 0.810. The smallest absolute Gasteiger partial charge is 0.407 e. The van der Waals surface area contributed by atoms with E-state index in [2.05, 4.69) is 10.3 Å². The first-order valence-corrected chi connectivity index (χ1v) is 10.1. The quantitative estimate of drug-likeness (QED) is 0.507. The molecule has 1 aromatic heterocycles. The van der Waals surface area contributed by atoms with Crippen LogP contribution in [-0.4, -0.2) is 45.5 Å². The maximum Gasteiger partial charge on any atom is 0.407 e. The molecule has 3 N–H and O–H groups in total. The molecule has 0 saturated heterocycles. The number of carbonyl (C=O) groups excluding carboxylic acids is 1. The standard InChI is InChI=1S/C24H26N2O6/c1-24(2,3)32-23(30)25-17(14-27)12-15-8-10-18(11-9-15)31-21-19(22(28)29)13-16-6-4-5-7-20(16)26-21/h4-11,13,17,27H,12,14H2,1-3H3,(H,25,30)(H,28,29)/t17-/m0/s1. The van der Waals surface area contributed by atoms with Gasteiger partial charge < -0.3 is 25.0 Å². The average molecular weight is 438 g/mol. The van der Waals surface area contributed by atoms with E-state index in [1.807, 2.05) is 12.1 Å². The second kappa shape index (κ2) is 9.65. The third-order valence-electron chi connectivity index (χ3n) is 4.48. The maximum atomic E-state index is 11.9. The van der Waals surface area contributed by atoms with E-state index in [1.165, 1.54) is 6.07 Å². The zero-order valence-corrected chi connectivity index (χ0v) is 18.2. The highest BCUT2D eigenvalue weighted by molar-refractivity contribution is 5.95. The molecule has 2 aromatic carbocycles. The number of carboxylic acid groups (broad SMARTS) is 1. The maximum absolute atomic E-state index is 11.9. The zero-order valence-electron chi connectivity index (χ0n) is 18.2. The molecular weight excluding hydrogens is 412 g/mol. The second-order valence-electron chi connectivity index (χ2n) is 8.31. The van der Waals surface area contributed by atoms with Crippen molar-refractivity contribution in [3.63, 3.8) is 0 Å². The molecule has 0 aliphatic rings. The second-order valence-corrected chi connectivity index (χ2v) is 8.31. The molecule has 1 heterocycles. The first kappa shape index (κ1) is 23.0. The number of aromatic nitrogens is 1. The molecule has 1 amide bonds. The van der Waals surface area contributed by atoms with Gasteiger partial charge in [0.05, 0.1) is 18.2 Å². The van der Waals surface area contributed by atoms with Gasteiger partial charge in [-0.25, -0.2) is 14.6 Å². The number of para-hydroxylation sites is 1. The van der Waals surface area contributed by atoms with Crippen molar-refractivity contribution >= 4 is 23.0 Å². The van der Waals surface area contributed by atoms with Gasteiger partial charge >= 0.3 is 12.1 Å². The minimum Gasteiger partial charge on any atom is -0.477 e. The van der Waals surface area contributed by atoms with Gasteiger partial charge in [0, 0.05) is 5.39 Å². The monoisotopic (exact) mass is 438 g/mol. The van der Waals surface area contributed by atoms with Crippen LogP contribution in [-0.2, 0) is 11.2 Å². The van der Waals surface area contributed by atoms with Crippen LogP contribution in [0.15, 0.2) is 54.6 Å². The lowest BCUT2D eigenvalue weighted by atomic mass is 10.1. The predicted octanol–water partition coefficient (Wildman–Crippen LogP) is 4.15. The van der Waals surface area contributed by atoms with E-state index in [0.717, 1.165) is 5.56 Å². The molecule has 0 fully saturated rings. The van der Waals surface area contributed by atoms with E-state index in [0.29, 0.717) is 23.1 Å². The Bertz CT molecular complexity index is 1110. The number of amides is 1. The summed E-state index contributed by atoms with van der Waals surface area (Å²) in [5.74, 6) is -0.711. The molecule has 0 aliphatic carbocycles. The molecule has 3 aromatic rings. The van der Waals surface area contributed by atoms with Crippen molar-refractivity contribution in [3.8, 4) is 11.6 Å². The van der Waals surface area contributed by atoms with E-state index in [1.54, 1.807) is 57.2 Å². The van der Waals surface area contributed by atoms with Gasteiger partial charge in [0.15, 0.2) is 0 Å². The molecular formula is C24H26N2O6. The molecule has 8 heteroatoms. The summed E-state index contributed by atoms with van der Waals surface area (Å²) < 4.78 is 11.0. The summed E-state index contributed by atoms with van der Waals surface area (Å²) >= 11 is 0. The molecule has 3 rings (SSSR count). The van der Waals surface area contributed by atoms with E-state index in [9.17, 15) is 19.8 Å². The van der Waals surface area contributed by atoms with E-state index in [4.69, 9.17) is 9.47 Å². The Kier molecular flexibility index (Phi) is 6.95. The normalized spacial score (nSPS) is 12.2. The van der Waals surface area contributed by atoms with Crippen LogP contribution in [0.5, 0.6) is 11.6 Å². The number of nitrogens with zero attached hydrogens (tertiary/aromatic N) is 1. The van der Waals surface area contributed by atoms with Gasteiger partial charge in [-0.05, 0) is 57.0 Å². The minimum absolute atomic E-state index is 0.00350. The highest BCUT2D eigenvalue weighted by Gasteiger charge is 2.20. The lowest BCUT2D eigenvalue weighted by Gasteiger charge is -2.22. The number of fused-ring (bicyclic) bond motifs is 1. The van der Waals surface area contributed by atoms with Gasteiger partial charge in [-0.15, -0.1) is 0 Å². The number of pyridine rings is 1. The average Bonchev–Trinajstić information content (AvgIpc) is 2.72. The van der Waals surface area contributed by atoms with Crippen LogP contribution in [0.3, 0.4) is 0 Å². The Morgan fingerprint density at radius 3 is 2.41 bits per heavy atom. The number of benzene rings is 2. The summed E-state index contributed by atoms with van der Waals surface area (Å²) in [6, 6.07) is 15.1. The number of alkyl carbamates (subject to hydrolysis) is 1. The molecule has 32 heavy (non-hydrogen) atoms. The SMILES string of the molecule is CC(C)(C)OC(=O)N[C@H](CO)Cc1ccc(Oc2nc3ccccc3cc2C(=O)O)cc1. The van der Waals surface area contributed by atoms with Crippen LogP contribution in [0.4, 0.5) is 4.79 Å². The van der Waals surface area contributed by atoms with Crippen LogP contribution >= 0.6 is 0 Å².